The molecule has 2 N–H and O–H groups in total. The molecule has 3 heterocycles. The van der Waals surface area contributed by atoms with Crippen LogP contribution in [0.1, 0.15) is 27.2 Å². The maximum Gasteiger partial charge on any atom is 0.256 e. The summed E-state index contributed by atoms with van der Waals surface area (Å²) in [6.07, 6.45) is -0.175. The van der Waals surface area contributed by atoms with Gasteiger partial charge in [0.2, 0.25) is 5.91 Å². The third-order valence-electron chi connectivity index (χ3n) is 6.59. The predicted molar refractivity (Wildman–Crippen MR) is 127 cm³/mol. The Morgan fingerprint density at radius 1 is 1.03 bits per heavy atom. The minimum atomic E-state index is -0.746. The smallest absolute Gasteiger partial charge is 0.256 e. The molecule has 2 aliphatic heterocycles. The van der Waals surface area contributed by atoms with Gasteiger partial charge in [0.05, 0.1) is 25.2 Å². The normalized spacial score (nSPS) is 15.9. The van der Waals surface area contributed by atoms with Crippen LogP contribution in [0.5, 0.6) is 0 Å². The van der Waals surface area contributed by atoms with Crippen molar-refractivity contribution in [2.24, 2.45) is 0 Å². The summed E-state index contributed by atoms with van der Waals surface area (Å²) in [5, 5.41) is 9.89. The summed E-state index contributed by atoms with van der Waals surface area (Å²) < 4.78 is 27.1. The molecule has 8 nitrogen and oxygen atoms in total. The van der Waals surface area contributed by atoms with Gasteiger partial charge in [-0.05, 0) is 42.9 Å². The molecule has 0 spiro atoms. The van der Waals surface area contributed by atoms with Gasteiger partial charge in [-0.1, -0.05) is 6.07 Å². The zero-order chi connectivity index (χ0) is 24.5. The Morgan fingerprint density at radius 3 is 2.49 bits per heavy atom. The number of carbonyl (C=O) groups excluding carboxylic acids is 2. The van der Waals surface area contributed by atoms with Gasteiger partial charge in [0, 0.05) is 49.1 Å². The highest BCUT2D eigenvalue weighted by Gasteiger charge is 2.29. The van der Waals surface area contributed by atoms with Gasteiger partial charge in [0.15, 0.2) is 5.82 Å². The highest BCUT2D eigenvalue weighted by molar-refractivity contribution is 6.04. The van der Waals surface area contributed by atoms with E-state index in [-0.39, 0.29) is 36.9 Å². The topological polar surface area (TPSA) is 84.6 Å². The van der Waals surface area contributed by atoms with Crippen molar-refractivity contribution in [3.8, 4) is 0 Å². The molecule has 182 valence electrons. The number of H-pyrrole nitrogens is 1. The van der Waals surface area contributed by atoms with Crippen LogP contribution in [-0.4, -0.2) is 65.0 Å². The van der Waals surface area contributed by atoms with Crippen molar-refractivity contribution in [3.63, 3.8) is 0 Å². The Balaban J connectivity index is 1.21. The fourth-order valence-corrected chi connectivity index (χ4v) is 4.43. The quantitative estimate of drug-likeness (QED) is 0.587. The van der Waals surface area contributed by atoms with E-state index < -0.39 is 11.6 Å². The van der Waals surface area contributed by atoms with E-state index in [1.807, 2.05) is 12.1 Å². The van der Waals surface area contributed by atoms with E-state index in [4.69, 9.17) is 0 Å². The average Bonchev–Trinajstić information content (AvgIpc) is 3.43. The summed E-state index contributed by atoms with van der Waals surface area (Å²) in [6.45, 7) is 4.43. The molecule has 1 saturated heterocycles. The molecule has 0 bridgehead atoms. The first-order chi connectivity index (χ1) is 16.9. The van der Waals surface area contributed by atoms with Crippen LogP contribution in [0.25, 0.3) is 0 Å². The van der Waals surface area contributed by atoms with Crippen molar-refractivity contribution in [1.29, 1.82) is 0 Å². The summed E-state index contributed by atoms with van der Waals surface area (Å²) in [4.78, 5) is 31.7. The second kappa shape index (κ2) is 9.46. The Bertz CT molecular complexity index is 1250. The van der Waals surface area contributed by atoms with Gasteiger partial charge < -0.3 is 20.0 Å². The molecule has 0 radical (unpaired) electrons. The van der Waals surface area contributed by atoms with Crippen molar-refractivity contribution < 1.29 is 18.4 Å². The first kappa shape index (κ1) is 23.0. The third kappa shape index (κ3) is 4.88. The van der Waals surface area contributed by atoms with Crippen molar-refractivity contribution >= 4 is 23.3 Å². The van der Waals surface area contributed by atoms with Crippen LogP contribution in [0.2, 0.25) is 0 Å². The number of halogens is 2. The number of hydrogen-bond donors (Lipinski definition) is 2. The molecular weight excluding hydrogens is 454 g/mol. The highest BCUT2D eigenvalue weighted by Crippen LogP contribution is 2.28. The number of aromatic nitrogens is 2. The molecular formula is C25H26F2N6O2. The number of fused-ring (bicyclic) bond motifs is 1. The van der Waals surface area contributed by atoms with Gasteiger partial charge in [-0.2, -0.15) is 5.10 Å². The van der Waals surface area contributed by atoms with Crippen molar-refractivity contribution in [2.75, 3.05) is 43.4 Å². The number of hydrogen-bond acceptors (Lipinski definition) is 5. The molecule has 5 rings (SSSR count). The number of likely N-dealkylation sites (N-methyl/N-ethyl adjacent to an activating group) is 1. The number of carbonyl (C=O) groups is 2. The lowest BCUT2D eigenvalue weighted by atomic mass is 10.1. The SMILES string of the molecule is CN1CCN(c2ccc(C(=O)Nc3n[nH]c4c3CN(C(=O)Cc3ccc(F)cc3F)C4)cc2)CC1. The van der Waals surface area contributed by atoms with Crippen molar-refractivity contribution in [1.82, 2.24) is 20.0 Å². The average molecular weight is 481 g/mol. The molecule has 1 fully saturated rings. The largest absolute Gasteiger partial charge is 0.369 e. The number of nitrogens with one attached hydrogen (secondary N) is 2. The summed E-state index contributed by atoms with van der Waals surface area (Å²) in [5.74, 6) is -1.64. The summed E-state index contributed by atoms with van der Waals surface area (Å²) in [6, 6.07) is 10.7. The maximum absolute atomic E-state index is 13.9. The van der Waals surface area contributed by atoms with Crippen LogP contribution >= 0.6 is 0 Å². The number of benzene rings is 2. The monoisotopic (exact) mass is 480 g/mol. The lowest BCUT2D eigenvalue weighted by molar-refractivity contribution is -0.131. The van der Waals surface area contributed by atoms with Gasteiger partial charge in [0.25, 0.3) is 5.91 Å². The minimum Gasteiger partial charge on any atom is -0.369 e. The van der Waals surface area contributed by atoms with E-state index in [9.17, 15) is 18.4 Å². The van der Waals surface area contributed by atoms with Crippen LogP contribution in [0.4, 0.5) is 20.3 Å². The zero-order valence-electron chi connectivity index (χ0n) is 19.4. The number of amides is 2. The van der Waals surface area contributed by atoms with Gasteiger partial charge in [-0.3, -0.25) is 14.7 Å². The second-order valence-corrected chi connectivity index (χ2v) is 8.98. The molecule has 0 saturated carbocycles. The number of piperazine rings is 1. The molecule has 35 heavy (non-hydrogen) atoms. The zero-order valence-corrected chi connectivity index (χ0v) is 19.4. The molecule has 0 aliphatic carbocycles. The Morgan fingerprint density at radius 2 is 1.77 bits per heavy atom. The fourth-order valence-electron chi connectivity index (χ4n) is 4.43. The first-order valence-corrected chi connectivity index (χ1v) is 11.5. The fraction of sp³-hybridized carbons (Fsp3) is 0.320. The molecule has 2 amide bonds. The van der Waals surface area contributed by atoms with E-state index in [0.29, 0.717) is 11.4 Å². The number of aromatic amines is 1. The lowest BCUT2D eigenvalue weighted by Crippen LogP contribution is -2.44. The Kier molecular flexibility index (Phi) is 6.21. The van der Waals surface area contributed by atoms with Crippen molar-refractivity contribution in [3.05, 3.63) is 76.5 Å². The number of nitrogens with zero attached hydrogens (tertiary/aromatic N) is 4. The molecule has 3 aromatic rings. The number of rotatable bonds is 5. The van der Waals surface area contributed by atoms with Gasteiger partial charge in [0.1, 0.15) is 11.6 Å². The lowest BCUT2D eigenvalue weighted by Gasteiger charge is -2.34. The van der Waals surface area contributed by atoms with Crippen LogP contribution < -0.4 is 10.2 Å². The standard InChI is InChI=1S/C25H26F2N6O2/c1-31-8-10-32(11-9-31)19-6-3-16(4-7-19)25(35)28-24-20-14-33(15-22(20)29-30-24)23(34)12-17-2-5-18(26)13-21(17)27/h2-7,13H,8-12,14-15H2,1H3,(H2,28,29,30,35). The molecule has 0 unspecified atom stereocenters. The van der Waals surface area contributed by atoms with Gasteiger partial charge in [-0.25, -0.2) is 8.78 Å². The third-order valence-corrected chi connectivity index (χ3v) is 6.59. The van der Waals surface area contributed by atoms with Crippen molar-refractivity contribution in [2.45, 2.75) is 19.5 Å². The molecule has 2 aromatic carbocycles. The Labute approximate surface area is 201 Å². The first-order valence-electron chi connectivity index (χ1n) is 11.5. The molecule has 0 atom stereocenters. The second-order valence-electron chi connectivity index (χ2n) is 8.98. The Hall–Kier alpha value is -3.79. The molecule has 2 aliphatic rings. The van der Waals surface area contributed by atoms with Gasteiger partial charge in [-0.15, -0.1) is 0 Å². The van der Waals surface area contributed by atoms with Gasteiger partial charge >= 0.3 is 0 Å². The molecule has 10 heteroatoms. The van der Waals surface area contributed by atoms with Crippen LogP contribution in [0, 0.1) is 11.6 Å². The van der Waals surface area contributed by atoms with Crippen LogP contribution in [0.3, 0.4) is 0 Å². The van der Waals surface area contributed by atoms with Crippen LogP contribution in [0.15, 0.2) is 42.5 Å². The summed E-state index contributed by atoms with van der Waals surface area (Å²) >= 11 is 0. The highest BCUT2D eigenvalue weighted by atomic mass is 19.1. The van der Waals surface area contributed by atoms with E-state index >= 15 is 0 Å². The van der Waals surface area contributed by atoms with Crippen LogP contribution in [-0.2, 0) is 24.3 Å². The number of anilines is 2. The minimum absolute atomic E-state index is 0.138. The van der Waals surface area contributed by atoms with E-state index in [2.05, 4.69) is 32.4 Å². The van der Waals surface area contributed by atoms with E-state index in [1.54, 1.807) is 17.0 Å². The van der Waals surface area contributed by atoms with E-state index in [1.165, 1.54) is 6.07 Å². The summed E-state index contributed by atoms with van der Waals surface area (Å²) in [5.41, 5.74) is 3.18. The predicted octanol–water partition coefficient (Wildman–Crippen LogP) is 2.78. The van der Waals surface area contributed by atoms with E-state index in [0.717, 1.165) is 55.3 Å². The molecule has 1 aromatic heterocycles. The maximum atomic E-state index is 13.9. The summed E-state index contributed by atoms with van der Waals surface area (Å²) in [7, 11) is 2.11.